The molecule has 0 aromatic heterocycles. The molecule has 0 saturated heterocycles. The first-order valence-electron chi connectivity index (χ1n) is 5.11. The number of amides is 2. The van der Waals surface area contributed by atoms with E-state index in [1.807, 2.05) is 0 Å². The van der Waals surface area contributed by atoms with Crippen molar-refractivity contribution in [1.82, 2.24) is 5.32 Å². The first-order valence-corrected chi connectivity index (χ1v) is 5.11. The van der Waals surface area contributed by atoms with E-state index in [4.69, 9.17) is 10.2 Å². The number of nitrogens with one attached hydrogen (secondary N) is 2. The summed E-state index contributed by atoms with van der Waals surface area (Å²) < 4.78 is 12.8. The van der Waals surface area contributed by atoms with E-state index in [-0.39, 0.29) is 0 Å². The first kappa shape index (κ1) is 13.9. The third-order valence-corrected chi connectivity index (χ3v) is 2.22. The number of benzene rings is 1. The number of aliphatic hydroxyl groups excluding tert-OH is 1. The van der Waals surface area contributed by atoms with Crippen molar-refractivity contribution in [2.45, 2.75) is 13.0 Å². The van der Waals surface area contributed by atoms with Gasteiger partial charge in [0.15, 0.2) is 6.04 Å². The molecule has 0 bridgehead atoms. The Labute approximate surface area is 102 Å². The van der Waals surface area contributed by atoms with Crippen molar-refractivity contribution in [3.05, 3.63) is 29.6 Å². The molecule has 0 heterocycles. The molecule has 1 atom stereocenters. The average Bonchev–Trinajstić information content (AvgIpc) is 2.29. The third kappa shape index (κ3) is 3.70. The van der Waals surface area contributed by atoms with Crippen molar-refractivity contribution < 1.29 is 24.2 Å². The molecule has 0 aliphatic heterocycles. The lowest BCUT2D eigenvalue weighted by Crippen LogP contribution is -2.45. The van der Waals surface area contributed by atoms with Crippen LogP contribution in [0.3, 0.4) is 0 Å². The molecule has 0 aliphatic carbocycles. The molecule has 2 amide bonds. The van der Waals surface area contributed by atoms with Gasteiger partial charge in [-0.25, -0.2) is 14.0 Å². The molecule has 1 unspecified atom stereocenters. The van der Waals surface area contributed by atoms with Crippen LogP contribution in [0.2, 0.25) is 0 Å². The lowest BCUT2D eigenvalue weighted by Gasteiger charge is -2.13. The second kappa shape index (κ2) is 5.97. The summed E-state index contributed by atoms with van der Waals surface area (Å²) in [5, 5.41) is 21.8. The molecule has 0 spiro atoms. The highest BCUT2D eigenvalue weighted by molar-refractivity contribution is 5.92. The van der Waals surface area contributed by atoms with Gasteiger partial charge in [-0.3, -0.25) is 0 Å². The Bertz CT molecular complexity index is 464. The molecule has 0 fully saturated rings. The lowest BCUT2D eigenvalue weighted by molar-refractivity contribution is -0.140. The van der Waals surface area contributed by atoms with Crippen LogP contribution in [0.25, 0.3) is 0 Å². The minimum atomic E-state index is -1.38. The highest BCUT2D eigenvalue weighted by Crippen LogP contribution is 2.15. The molecule has 1 aromatic carbocycles. The molecular weight excluding hydrogens is 243 g/mol. The van der Waals surface area contributed by atoms with Gasteiger partial charge in [0, 0.05) is 5.69 Å². The van der Waals surface area contributed by atoms with Crippen LogP contribution in [0.5, 0.6) is 0 Å². The number of halogens is 1. The van der Waals surface area contributed by atoms with E-state index in [0.29, 0.717) is 11.3 Å². The number of carboxylic acids is 1. The Kier molecular flexibility index (Phi) is 4.61. The number of rotatable bonds is 4. The highest BCUT2D eigenvalue weighted by atomic mass is 19.1. The Hall–Kier alpha value is -2.15. The van der Waals surface area contributed by atoms with Crippen LogP contribution in [0, 0.1) is 12.7 Å². The molecule has 4 N–H and O–H groups in total. The van der Waals surface area contributed by atoms with E-state index in [0.717, 1.165) is 0 Å². The smallest absolute Gasteiger partial charge is 0.328 e. The van der Waals surface area contributed by atoms with Crippen LogP contribution in [0.4, 0.5) is 14.9 Å². The molecule has 1 rings (SSSR count). The number of aliphatic hydroxyl groups is 1. The normalized spacial score (nSPS) is 11.7. The van der Waals surface area contributed by atoms with Gasteiger partial charge in [0.2, 0.25) is 0 Å². The van der Waals surface area contributed by atoms with Crippen molar-refractivity contribution in [2.24, 2.45) is 0 Å². The Morgan fingerprint density at radius 1 is 1.44 bits per heavy atom. The minimum Gasteiger partial charge on any atom is -0.480 e. The number of anilines is 1. The molecule has 18 heavy (non-hydrogen) atoms. The van der Waals surface area contributed by atoms with Gasteiger partial charge in [-0.2, -0.15) is 0 Å². The van der Waals surface area contributed by atoms with E-state index >= 15 is 0 Å². The molecular formula is C11H13FN2O4. The molecule has 1 aromatic rings. The van der Waals surface area contributed by atoms with Crippen molar-refractivity contribution in [3.63, 3.8) is 0 Å². The van der Waals surface area contributed by atoms with E-state index in [9.17, 15) is 14.0 Å². The third-order valence-electron chi connectivity index (χ3n) is 2.22. The van der Waals surface area contributed by atoms with Crippen LogP contribution in [0.1, 0.15) is 5.56 Å². The zero-order chi connectivity index (χ0) is 13.7. The van der Waals surface area contributed by atoms with Gasteiger partial charge < -0.3 is 20.8 Å². The van der Waals surface area contributed by atoms with Crippen molar-refractivity contribution in [1.29, 1.82) is 0 Å². The highest BCUT2D eigenvalue weighted by Gasteiger charge is 2.18. The fourth-order valence-electron chi connectivity index (χ4n) is 1.27. The van der Waals surface area contributed by atoms with Gasteiger partial charge >= 0.3 is 12.0 Å². The van der Waals surface area contributed by atoms with Crippen LogP contribution in [-0.4, -0.2) is 34.9 Å². The molecule has 6 nitrogen and oxygen atoms in total. The first-order chi connectivity index (χ1) is 8.43. The minimum absolute atomic E-state index is 0.357. The van der Waals surface area contributed by atoms with Crippen LogP contribution >= 0.6 is 0 Å². The fourth-order valence-corrected chi connectivity index (χ4v) is 1.27. The van der Waals surface area contributed by atoms with Crippen molar-refractivity contribution in [3.8, 4) is 0 Å². The number of hydrogen-bond donors (Lipinski definition) is 4. The quantitative estimate of drug-likeness (QED) is 0.637. The number of carbonyl (C=O) groups is 2. The second-order valence-electron chi connectivity index (χ2n) is 3.63. The number of carboxylic acid groups (broad SMARTS) is 1. The second-order valence-corrected chi connectivity index (χ2v) is 3.63. The summed E-state index contributed by atoms with van der Waals surface area (Å²) in [5.41, 5.74) is 0.858. The molecule has 0 radical (unpaired) electrons. The molecule has 0 aliphatic rings. The van der Waals surface area contributed by atoms with E-state index in [1.54, 1.807) is 6.92 Å². The number of aliphatic carboxylic acids is 1. The molecule has 0 saturated carbocycles. The largest absolute Gasteiger partial charge is 0.480 e. The fraction of sp³-hybridized carbons (Fsp3) is 0.273. The maximum Gasteiger partial charge on any atom is 0.328 e. The van der Waals surface area contributed by atoms with Gasteiger partial charge in [0.1, 0.15) is 5.82 Å². The predicted molar refractivity (Wildman–Crippen MR) is 61.8 cm³/mol. The summed E-state index contributed by atoms with van der Waals surface area (Å²) in [4.78, 5) is 22.0. The van der Waals surface area contributed by atoms with Crippen molar-refractivity contribution >= 4 is 17.7 Å². The van der Waals surface area contributed by atoms with Crippen LogP contribution < -0.4 is 10.6 Å². The van der Waals surface area contributed by atoms with Crippen LogP contribution in [0.15, 0.2) is 18.2 Å². The summed E-state index contributed by atoms with van der Waals surface area (Å²) in [6.07, 6.45) is 0. The van der Waals surface area contributed by atoms with E-state index < -0.39 is 30.5 Å². The Morgan fingerprint density at radius 2 is 2.11 bits per heavy atom. The van der Waals surface area contributed by atoms with Crippen LogP contribution in [-0.2, 0) is 4.79 Å². The summed E-state index contributed by atoms with van der Waals surface area (Å²) in [6.45, 7) is 0.880. The predicted octanol–water partition coefficient (Wildman–Crippen LogP) is 0.701. The van der Waals surface area contributed by atoms with E-state index in [1.165, 1.54) is 18.2 Å². The van der Waals surface area contributed by atoms with Crippen molar-refractivity contribution in [2.75, 3.05) is 11.9 Å². The summed E-state index contributed by atoms with van der Waals surface area (Å²) in [7, 11) is 0. The monoisotopic (exact) mass is 256 g/mol. The number of urea groups is 1. The SMILES string of the molecule is Cc1cc(F)ccc1NC(=O)NC(CO)C(=O)O. The van der Waals surface area contributed by atoms with Gasteiger partial charge in [0.05, 0.1) is 6.61 Å². The maximum absolute atomic E-state index is 12.8. The Morgan fingerprint density at radius 3 is 2.61 bits per heavy atom. The average molecular weight is 256 g/mol. The van der Waals surface area contributed by atoms with Gasteiger partial charge in [-0.15, -0.1) is 0 Å². The molecule has 98 valence electrons. The summed E-state index contributed by atoms with van der Waals surface area (Å²) >= 11 is 0. The topological polar surface area (TPSA) is 98.7 Å². The molecule has 7 heteroatoms. The van der Waals surface area contributed by atoms with Gasteiger partial charge in [-0.1, -0.05) is 0 Å². The van der Waals surface area contributed by atoms with Gasteiger partial charge in [-0.05, 0) is 30.7 Å². The number of hydrogen-bond acceptors (Lipinski definition) is 3. The number of carbonyl (C=O) groups excluding carboxylic acids is 1. The summed E-state index contributed by atoms with van der Waals surface area (Å²) in [6, 6.07) is 1.59. The maximum atomic E-state index is 12.8. The standard InChI is InChI=1S/C11H13FN2O4/c1-6-4-7(12)2-3-8(6)13-11(18)14-9(5-15)10(16)17/h2-4,9,15H,5H2,1H3,(H,16,17)(H2,13,14,18). The van der Waals surface area contributed by atoms with Gasteiger partial charge in [0.25, 0.3) is 0 Å². The van der Waals surface area contributed by atoms with E-state index in [2.05, 4.69) is 10.6 Å². The lowest BCUT2D eigenvalue weighted by atomic mass is 10.2. The zero-order valence-corrected chi connectivity index (χ0v) is 9.61. The Balaban J connectivity index is 2.67. The zero-order valence-electron chi connectivity index (χ0n) is 9.61. The number of aryl methyl sites for hydroxylation is 1. The summed E-state index contributed by atoms with van der Waals surface area (Å²) in [5.74, 6) is -1.78.